The Morgan fingerprint density at radius 1 is 1.32 bits per heavy atom. The van der Waals surface area contributed by atoms with Crippen LogP contribution in [0.15, 0.2) is 12.1 Å². The first-order valence-electron chi connectivity index (χ1n) is 4.98. The maximum absolute atomic E-state index is 13.2. The highest BCUT2D eigenvalue weighted by atomic mass is 35.5. The van der Waals surface area contributed by atoms with Gasteiger partial charge in [0.15, 0.2) is 5.82 Å². The first-order valence-corrected chi connectivity index (χ1v) is 6.55. The van der Waals surface area contributed by atoms with E-state index < -0.39 is 11.7 Å². The van der Waals surface area contributed by atoms with Gasteiger partial charge in [-0.1, -0.05) is 34.5 Å². The molecular weight excluding hydrogens is 314 g/mol. The Kier molecular flexibility index (Phi) is 4.18. The number of carbonyl (C=O) groups excluding carboxylic acids is 1. The lowest BCUT2D eigenvalue weighted by atomic mass is 10.3. The zero-order valence-corrected chi connectivity index (χ0v) is 11.8. The molecule has 0 spiro atoms. The van der Waals surface area contributed by atoms with Gasteiger partial charge < -0.3 is 10.6 Å². The van der Waals surface area contributed by atoms with Crippen molar-refractivity contribution < 1.29 is 9.18 Å². The molecule has 5 nitrogen and oxygen atoms in total. The van der Waals surface area contributed by atoms with Crippen molar-refractivity contribution in [2.75, 3.05) is 17.7 Å². The molecule has 0 unspecified atom stereocenters. The minimum absolute atomic E-state index is 0.168. The highest BCUT2D eigenvalue weighted by molar-refractivity contribution is 7.17. The number of nitrogens with one attached hydrogen (secondary N) is 2. The van der Waals surface area contributed by atoms with Crippen molar-refractivity contribution >= 4 is 51.3 Å². The van der Waals surface area contributed by atoms with E-state index in [1.54, 1.807) is 7.05 Å². The van der Waals surface area contributed by atoms with Crippen LogP contribution in [0.5, 0.6) is 0 Å². The number of benzene rings is 1. The summed E-state index contributed by atoms with van der Waals surface area (Å²) in [6, 6.07) is 2.53. The minimum atomic E-state index is -0.727. The van der Waals surface area contributed by atoms with Crippen LogP contribution in [-0.4, -0.2) is 23.2 Å². The molecule has 0 aliphatic heterocycles. The molecule has 19 heavy (non-hydrogen) atoms. The summed E-state index contributed by atoms with van der Waals surface area (Å²) in [5.74, 6) is -1.20. The smallest absolute Gasteiger partial charge is 0.286 e. The number of aromatic nitrogens is 2. The maximum atomic E-state index is 13.2. The topological polar surface area (TPSA) is 66.9 Å². The van der Waals surface area contributed by atoms with Crippen molar-refractivity contribution in [3.63, 3.8) is 0 Å². The molecule has 9 heteroatoms. The van der Waals surface area contributed by atoms with Crippen LogP contribution in [0.4, 0.5) is 15.2 Å². The fourth-order valence-corrected chi connectivity index (χ4v) is 2.31. The highest BCUT2D eigenvalue weighted by Crippen LogP contribution is 2.27. The molecular formula is C10H7Cl2FN4OS. The number of anilines is 2. The van der Waals surface area contributed by atoms with E-state index in [1.165, 1.54) is 12.1 Å². The van der Waals surface area contributed by atoms with E-state index in [0.29, 0.717) is 5.13 Å². The van der Waals surface area contributed by atoms with Crippen LogP contribution in [0, 0.1) is 5.82 Å². The molecule has 0 bridgehead atoms. The van der Waals surface area contributed by atoms with Gasteiger partial charge in [-0.25, -0.2) is 4.39 Å². The Hall–Kier alpha value is -1.44. The van der Waals surface area contributed by atoms with Crippen LogP contribution in [0.25, 0.3) is 0 Å². The van der Waals surface area contributed by atoms with Gasteiger partial charge in [0.25, 0.3) is 5.91 Å². The number of hydrogen-bond acceptors (Lipinski definition) is 5. The number of carbonyl (C=O) groups is 1. The Balaban J connectivity index is 2.19. The molecule has 0 radical (unpaired) electrons. The minimum Gasteiger partial charge on any atom is -0.363 e. The van der Waals surface area contributed by atoms with Gasteiger partial charge in [-0.3, -0.25) is 4.79 Å². The van der Waals surface area contributed by atoms with Crippen LogP contribution < -0.4 is 10.6 Å². The third-order valence-electron chi connectivity index (χ3n) is 2.07. The zero-order valence-electron chi connectivity index (χ0n) is 9.50. The predicted molar refractivity (Wildman–Crippen MR) is 73.8 cm³/mol. The fourth-order valence-electron chi connectivity index (χ4n) is 1.23. The Morgan fingerprint density at radius 2 is 1.95 bits per heavy atom. The lowest BCUT2D eigenvalue weighted by Gasteiger charge is -2.05. The molecule has 0 aliphatic carbocycles. The molecule has 2 N–H and O–H groups in total. The number of halogens is 3. The summed E-state index contributed by atoms with van der Waals surface area (Å²) >= 11 is 12.3. The van der Waals surface area contributed by atoms with E-state index in [9.17, 15) is 9.18 Å². The molecule has 1 aromatic heterocycles. The van der Waals surface area contributed by atoms with Gasteiger partial charge in [-0.2, -0.15) is 0 Å². The molecule has 0 aliphatic rings. The Labute approximate surface area is 121 Å². The molecule has 0 saturated heterocycles. The van der Waals surface area contributed by atoms with Crippen LogP contribution in [0.1, 0.15) is 9.80 Å². The Bertz CT molecular complexity index is 611. The summed E-state index contributed by atoms with van der Waals surface area (Å²) in [6.07, 6.45) is 0. The summed E-state index contributed by atoms with van der Waals surface area (Å²) in [4.78, 5) is 11.8. The van der Waals surface area contributed by atoms with Crippen molar-refractivity contribution in [3.8, 4) is 0 Å². The SMILES string of the molecule is CNc1nnc(C(=O)Nc2cc(Cl)c(F)c(Cl)c2)s1. The van der Waals surface area contributed by atoms with Gasteiger partial charge in [0.1, 0.15) is 0 Å². The summed E-state index contributed by atoms with van der Waals surface area (Å²) < 4.78 is 13.2. The lowest BCUT2D eigenvalue weighted by Crippen LogP contribution is -2.11. The molecule has 100 valence electrons. The molecule has 2 aromatic rings. The van der Waals surface area contributed by atoms with Gasteiger partial charge in [-0.05, 0) is 12.1 Å². The molecule has 2 rings (SSSR count). The normalized spacial score (nSPS) is 10.3. The van der Waals surface area contributed by atoms with Crippen molar-refractivity contribution in [2.45, 2.75) is 0 Å². The average Bonchev–Trinajstić information content (AvgIpc) is 2.84. The van der Waals surface area contributed by atoms with E-state index in [4.69, 9.17) is 23.2 Å². The van der Waals surface area contributed by atoms with Gasteiger partial charge in [-0.15, -0.1) is 10.2 Å². The summed E-state index contributed by atoms with van der Waals surface area (Å²) in [5, 5.41) is 13.0. The lowest BCUT2D eigenvalue weighted by molar-refractivity contribution is 0.102. The monoisotopic (exact) mass is 320 g/mol. The van der Waals surface area contributed by atoms with Crippen molar-refractivity contribution in [1.29, 1.82) is 0 Å². The zero-order chi connectivity index (χ0) is 14.0. The summed E-state index contributed by atoms with van der Waals surface area (Å²) in [7, 11) is 1.67. The van der Waals surface area contributed by atoms with Gasteiger partial charge in [0, 0.05) is 12.7 Å². The van der Waals surface area contributed by atoms with E-state index >= 15 is 0 Å². The molecule has 1 heterocycles. The second kappa shape index (κ2) is 5.68. The maximum Gasteiger partial charge on any atom is 0.286 e. The second-order valence-corrected chi connectivity index (χ2v) is 5.16. The summed E-state index contributed by atoms with van der Waals surface area (Å²) in [6.45, 7) is 0. The van der Waals surface area contributed by atoms with Gasteiger partial charge in [0.05, 0.1) is 10.0 Å². The quantitative estimate of drug-likeness (QED) is 0.852. The van der Waals surface area contributed by atoms with Crippen LogP contribution in [-0.2, 0) is 0 Å². The molecule has 0 atom stereocenters. The third kappa shape index (κ3) is 3.12. The van der Waals surface area contributed by atoms with E-state index in [1.807, 2.05) is 0 Å². The van der Waals surface area contributed by atoms with Crippen LogP contribution >= 0.6 is 34.5 Å². The molecule has 1 amide bonds. The number of rotatable bonds is 3. The number of hydrogen-bond donors (Lipinski definition) is 2. The number of amides is 1. The van der Waals surface area contributed by atoms with Crippen molar-refractivity contribution in [2.24, 2.45) is 0 Å². The van der Waals surface area contributed by atoms with Gasteiger partial charge in [0.2, 0.25) is 10.1 Å². The van der Waals surface area contributed by atoms with Gasteiger partial charge >= 0.3 is 0 Å². The second-order valence-electron chi connectivity index (χ2n) is 3.37. The van der Waals surface area contributed by atoms with E-state index in [0.717, 1.165) is 11.3 Å². The molecule has 1 aromatic carbocycles. The fraction of sp³-hybridized carbons (Fsp3) is 0.100. The largest absolute Gasteiger partial charge is 0.363 e. The Morgan fingerprint density at radius 3 is 2.47 bits per heavy atom. The third-order valence-corrected chi connectivity index (χ3v) is 3.56. The standard InChI is InChI=1S/C10H7Cl2FN4OS/c1-14-10-17-16-9(19-10)8(18)15-4-2-5(11)7(13)6(12)3-4/h2-3H,1H3,(H,14,17)(H,15,18). The van der Waals surface area contributed by atoms with Crippen LogP contribution in [0.3, 0.4) is 0 Å². The first-order chi connectivity index (χ1) is 9.01. The molecule has 0 saturated carbocycles. The van der Waals surface area contributed by atoms with Crippen molar-refractivity contribution in [3.05, 3.63) is 33.0 Å². The summed E-state index contributed by atoms with van der Waals surface area (Å²) in [5.41, 5.74) is 0.280. The highest BCUT2D eigenvalue weighted by Gasteiger charge is 2.14. The van der Waals surface area contributed by atoms with E-state index in [2.05, 4.69) is 20.8 Å². The predicted octanol–water partition coefficient (Wildman–Crippen LogP) is 3.28. The van der Waals surface area contributed by atoms with Crippen LogP contribution in [0.2, 0.25) is 10.0 Å². The first kappa shape index (κ1) is 14.0. The van der Waals surface area contributed by atoms with E-state index in [-0.39, 0.29) is 20.7 Å². The van der Waals surface area contributed by atoms with Crippen molar-refractivity contribution in [1.82, 2.24) is 10.2 Å². The number of nitrogens with zero attached hydrogens (tertiary/aromatic N) is 2. The molecule has 0 fully saturated rings. The average molecular weight is 321 g/mol.